The van der Waals surface area contributed by atoms with Gasteiger partial charge in [0.05, 0.1) is 12.2 Å². The Morgan fingerprint density at radius 1 is 0.857 bits per heavy atom. The number of ether oxygens (including phenoxy) is 1. The van der Waals surface area contributed by atoms with Gasteiger partial charge >= 0.3 is 17.4 Å². The van der Waals surface area contributed by atoms with Crippen molar-refractivity contribution in [1.82, 2.24) is 0 Å². The van der Waals surface area contributed by atoms with Crippen LogP contribution in [0, 0.1) is 0 Å². The number of hydrogen-bond donors (Lipinski definition) is 1. The molecule has 0 aliphatic heterocycles. The highest BCUT2D eigenvalue weighted by molar-refractivity contribution is 6.86. The molecule has 0 aromatic heterocycles. The predicted octanol–water partition coefficient (Wildman–Crippen LogP) is 4.27. The third kappa shape index (κ3) is 6.66. The normalized spacial score (nSPS) is 13.3. The molecule has 1 N–H and O–H groups in total. The van der Waals surface area contributed by atoms with Gasteiger partial charge in [0.2, 0.25) is 0 Å². The minimum Gasteiger partial charge on any atom is -0.507 e. The van der Waals surface area contributed by atoms with Crippen molar-refractivity contribution in [1.29, 1.82) is 0 Å². The van der Waals surface area contributed by atoms with Crippen LogP contribution in [0.3, 0.4) is 0 Å². The molecule has 0 amide bonds. The van der Waals surface area contributed by atoms with E-state index in [0.717, 1.165) is 5.19 Å². The molecule has 1 unspecified atom stereocenters. The quantitative estimate of drug-likeness (QED) is 0.208. The van der Waals surface area contributed by atoms with E-state index in [1.165, 1.54) is 6.07 Å². The van der Waals surface area contributed by atoms with Crippen LogP contribution >= 0.6 is 0 Å². The Bertz CT molecular complexity index is 1090. The first-order valence-electron chi connectivity index (χ1n) is 11.3. The summed E-state index contributed by atoms with van der Waals surface area (Å²) in [6.07, 6.45) is 0.600. The van der Waals surface area contributed by atoms with E-state index in [-0.39, 0.29) is 17.1 Å². The van der Waals surface area contributed by atoms with Crippen LogP contribution in [0.5, 0.6) is 11.5 Å². The van der Waals surface area contributed by atoms with Gasteiger partial charge in [0.25, 0.3) is 0 Å². The Morgan fingerprint density at radius 3 is 2.06 bits per heavy atom. The second-order valence-electron chi connectivity index (χ2n) is 8.04. The average molecular weight is 513 g/mol. The summed E-state index contributed by atoms with van der Waals surface area (Å²) in [6.45, 7) is 2.33. The van der Waals surface area contributed by atoms with E-state index >= 15 is 0 Å². The molecule has 1 atom stereocenters. The second kappa shape index (κ2) is 12.3. The Morgan fingerprint density at radius 2 is 1.49 bits per heavy atom. The summed E-state index contributed by atoms with van der Waals surface area (Å²) in [5.41, 5.74) is 0.742. The number of benzene rings is 3. The summed E-state index contributed by atoms with van der Waals surface area (Å²) < 4.78 is 29.7. The van der Waals surface area contributed by atoms with Gasteiger partial charge in [0.15, 0.2) is 5.78 Å². The van der Waals surface area contributed by atoms with Crippen LogP contribution in [0.15, 0.2) is 78.9 Å². The number of phenols is 1. The molecule has 0 fully saturated rings. The van der Waals surface area contributed by atoms with E-state index < -0.39 is 17.4 Å². The van der Waals surface area contributed by atoms with E-state index in [1.807, 2.05) is 42.9 Å². The Labute approximate surface area is 208 Å². The maximum atomic E-state index is 12.6. The zero-order valence-corrected chi connectivity index (χ0v) is 22.5. The highest BCUT2D eigenvalue weighted by atomic mass is 28.5. The fourth-order valence-corrected chi connectivity index (χ4v) is 10.1. The Hall–Kier alpha value is -2.80. The van der Waals surface area contributed by atoms with E-state index in [4.69, 9.17) is 22.1 Å². The second-order valence-corrected chi connectivity index (χ2v) is 14.4. The average Bonchev–Trinajstić information content (AvgIpc) is 2.91. The number of rotatable bonds is 13. The minimum absolute atomic E-state index is 0.123. The zero-order valence-electron chi connectivity index (χ0n) is 20.5. The molecule has 0 saturated carbocycles. The molecule has 186 valence electrons. The van der Waals surface area contributed by atoms with Crippen molar-refractivity contribution in [3.05, 3.63) is 90.0 Å². The molecule has 0 radical (unpaired) electrons. The van der Waals surface area contributed by atoms with Crippen molar-refractivity contribution < 1.29 is 32.0 Å². The lowest BCUT2D eigenvalue weighted by atomic mass is 10.0. The summed E-state index contributed by atoms with van der Waals surface area (Å²) in [7, 11) is -0.954. The number of aromatic hydroxyl groups is 1. The van der Waals surface area contributed by atoms with Crippen molar-refractivity contribution >= 4 is 28.3 Å². The molecule has 7 nitrogen and oxygen atoms in total. The van der Waals surface area contributed by atoms with Crippen molar-refractivity contribution in [2.75, 3.05) is 27.9 Å². The van der Waals surface area contributed by atoms with Crippen molar-refractivity contribution in [3.63, 3.8) is 0 Å². The lowest BCUT2D eigenvalue weighted by Gasteiger charge is -2.35. The monoisotopic (exact) mass is 512 g/mol. The van der Waals surface area contributed by atoms with Crippen LogP contribution in [-0.4, -0.2) is 56.2 Å². The lowest BCUT2D eigenvalue weighted by molar-refractivity contribution is 0.103. The SMILES string of the molecule is CO[Si](CCCOc1ccc(C(=O)c2ccccc2)c(O)c1)(OC)O[Si](C)(OC)c1ccccc1. The van der Waals surface area contributed by atoms with Crippen LogP contribution in [0.2, 0.25) is 12.6 Å². The van der Waals surface area contributed by atoms with Crippen molar-refractivity contribution in [2.45, 2.75) is 19.0 Å². The maximum Gasteiger partial charge on any atom is 0.491 e. The van der Waals surface area contributed by atoms with Crippen LogP contribution < -0.4 is 9.92 Å². The van der Waals surface area contributed by atoms with Crippen LogP contribution in [0.4, 0.5) is 0 Å². The van der Waals surface area contributed by atoms with Gasteiger partial charge in [-0.25, -0.2) is 0 Å². The van der Waals surface area contributed by atoms with E-state index in [9.17, 15) is 9.90 Å². The summed E-state index contributed by atoms with van der Waals surface area (Å²) in [4.78, 5) is 12.6. The summed E-state index contributed by atoms with van der Waals surface area (Å²) in [5.74, 6) is 0.101. The highest BCUT2D eigenvalue weighted by Crippen LogP contribution is 2.27. The standard InChI is InChI=1S/C26H32O7Si2/c1-29-34(4,23-14-9-6-10-15-23)33-35(30-2,31-3)19-11-18-32-22-16-17-24(25(27)20-22)26(28)21-12-7-5-8-13-21/h5-10,12-17,20,27H,11,18-19H2,1-4H3. The molecule has 0 aliphatic carbocycles. The molecule has 0 heterocycles. The van der Waals surface area contributed by atoms with Crippen molar-refractivity contribution in [2.24, 2.45) is 0 Å². The highest BCUT2D eigenvalue weighted by Gasteiger charge is 2.48. The summed E-state index contributed by atoms with van der Waals surface area (Å²) in [6, 6.07) is 23.9. The summed E-state index contributed by atoms with van der Waals surface area (Å²) >= 11 is 0. The number of phenolic OH excluding ortho intramolecular Hbond substituents is 1. The van der Waals surface area contributed by atoms with Crippen LogP contribution in [0.25, 0.3) is 0 Å². The molecule has 0 aliphatic rings. The van der Waals surface area contributed by atoms with E-state index in [2.05, 4.69) is 0 Å². The number of hydrogen-bond acceptors (Lipinski definition) is 7. The maximum absolute atomic E-state index is 12.6. The fraction of sp³-hybridized carbons (Fsp3) is 0.269. The molecule has 3 aromatic rings. The molecule has 0 spiro atoms. The van der Waals surface area contributed by atoms with Gasteiger partial charge < -0.3 is 27.2 Å². The third-order valence-electron chi connectivity index (χ3n) is 5.81. The molecule has 0 saturated heterocycles. The van der Waals surface area contributed by atoms with Gasteiger partial charge in [-0.15, -0.1) is 0 Å². The zero-order chi connectivity index (χ0) is 25.3. The molecule has 9 heteroatoms. The predicted molar refractivity (Wildman–Crippen MR) is 138 cm³/mol. The topological polar surface area (TPSA) is 83.5 Å². The largest absolute Gasteiger partial charge is 0.507 e. The minimum atomic E-state index is -3.03. The third-order valence-corrected chi connectivity index (χ3v) is 13.0. The van der Waals surface area contributed by atoms with Gasteiger partial charge in [-0.1, -0.05) is 60.7 Å². The first-order chi connectivity index (χ1) is 16.9. The fourth-order valence-electron chi connectivity index (χ4n) is 3.69. The molecule has 3 rings (SSSR count). The molecule has 35 heavy (non-hydrogen) atoms. The van der Waals surface area contributed by atoms with Gasteiger partial charge in [-0.05, 0) is 30.3 Å². The molecule has 3 aromatic carbocycles. The van der Waals surface area contributed by atoms with Gasteiger partial charge in [-0.2, -0.15) is 0 Å². The smallest absolute Gasteiger partial charge is 0.491 e. The Kier molecular flexibility index (Phi) is 9.38. The van der Waals surface area contributed by atoms with Gasteiger partial charge in [0.1, 0.15) is 11.5 Å². The van der Waals surface area contributed by atoms with Gasteiger partial charge in [-0.3, -0.25) is 4.79 Å². The molecular weight excluding hydrogens is 480 g/mol. The lowest BCUT2D eigenvalue weighted by Crippen LogP contribution is -2.60. The first kappa shape index (κ1) is 26.8. The number of ketones is 1. The number of carbonyl (C=O) groups is 1. The molecule has 0 bridgehead atoms. The van der Waals surface area contributed by atoms with Crippen LogP contribution in [0.1, 0.15) is 22.3 Å². The van der Waals surface area contributed by atoms with Crippen molar-refractivity contribution in [3.8, 4) is 11.5 Å². The summed E-state index contributed by atoms with van der Waals surface area (Å²) in [5, 5.41) is 11.4. The van der Waals surface area contributed by atoms with Crippen LogP contribution in [-0.2, 0) is 17.4 Å². The van der Waals surface area contributed by atoms with E-state index in [1.54, 1.807) is 57.7 Å². The molecular formula is C26H32O7Si2. The van der Waals surface area contributed by atoms with E-state index in [0.29, 0.717) is 30.4 Å². The Balaban J connectivity index is 1.61. The first-order valence-corrected chi connectivity index (χ1v) is 15.6. The number of carbonyl (C=O) groups excluding carboxylic acids is 1. The van der Waals surface area contributed by atoms with Gasteiger partial charge in [0, 0.05) is 39.0 Å².